The largest absolute Gasteiger partial charge is 0.490 e. The number of carbonyl (C=O) groups is 1. The summed E-state index contributed by atoms with van der Waals surface area (Å²) in [6.07, 6.45) is 0. The van der Waals surface area contributed by atoms with E-state index in [2.05, 4.69) is 20.8 Å². The van der Waals surface area contributed by atoms with E-state index in [1.165, 1.54) is 0 Å². The molecule has 0 spiro atoms. The van der Waals surface area contributed by atoms with Gasteiger partial charge in [-0.3, -0.25) is 0 Å². The summed E-state index contributed by atoms with van der Waals surface area (Å²) in [5.41, 5.74) is 3.36. The van der Waals surface area contributed by atoms with Gasteiger partial charge in [-0.1, -0.05) is 70.8 Å². The van der Waals surface area contributed by atoms with E-state index in [-0.39, 0.29) is 13.2 Å². The second-order valence-corrected chi connectivity index (χ2v) is 9.58. The number of tetrazole rings is 1. The number of esters is 1. The van der Waals surface area contributed by atoms with Gasteiger partial charge in [-0.05, 0) is 59.7 Å². The molecular formula is C28H25Cl2N5O4. The fourth-order valence-corrected chi connectivity index (χ4v) is 4.73. The Balaban J connectivity index is 1.45. The van der Waals surface area contributed by atoms with E-state index in [1.807, 2.05) is 55.5 Å². The van der Waals surface area contributed by atoms with Crippen LogP contribution in [0.2, 0.25) is 10.0 Å². The summed E-state index contributed by atoms with van der Waals surface area (Å²) < 4.78 is 19.2. The maximum atomic E-state index is 13.4. The molecule has 9 nitrogen and oxygen atoms in total. The van der Waals surface area contributed by atoms with E-state index in [0.717, 1.165) is 16.7 Å². The second kappa shape index (κ2) is 11.8. The Bertz CT molecular complexity index is 1520. The van der Waals surface area contributed by atoms with E-state index in [4.69, 9.17) is 37.4 Å². The maximum Gasteiger partial charge on any atom is 0.338 e. The van der Waals surface area contributed by atoms with Crippen LogP contribution >= 0.6 is 23.2 Å². The van der Waals surface area contributed by atoms with E-state index in [0.29, 0.717) is 45.4 Å². The molecule has 39 heavy (non-hydrogen) atoms. The molecule has 5 rings (SSSR count). The molecule has 0 amide bonds. The molecule has 0 bridgehead atoms. The molecule has 3 aromatic carbocycles. The monoisotopic (exact) mass is 565 g/mol. The van der Waals surface area contributed by atoms with Gasteiger partial charge in [0.1, 0.15) is 19.3 Å². The number of hydrogen-bond donors (Lipinski definition) is 1. The van der Waals surface area contributed by atoms with Crippen molar-refractivity contribution in [2.24, 2.45) is 0 Å². The lowest BCUT2D eigenvalue weighted by atomic mass is 9.95. The van der Waals surface area contributed by atoms with Gasteiger partial charge in [0, 0.05) is 21.3 Å². The SMILES string of the molecule is CCOc1cc(C2C(C(=O)OCc3ccccc3)=C(C)Nc3nnnn32)ccc1OCc1ccc(Cl)cc1Cl. The molecule has 200 valence electrons. The first kappa shape index (κ1) is 26.5. The highest BCUT2D eigenvalue weighted by atomic mass is 35.5. The Morgan fingerprint density at radius 3 is 2.59 bits per heavy atom. The number of carbonyl (C=O) groups excluding carboxylic acids is 1. The summed E-state index contributed by atoms with van der Waals surface area (Å²) in [6, 6.07) is 19.5. The average molecular weight is 566 g/mol. The number of benzene rings is 3. The smallest absolute Gasteiger partial charge is 0.338 e. The predicted molar refractivity (Wildman–Crippen MR) is 147 cm³/mol. The average Bonchev–Trinajstić information content (AvgIpc) is 3.40. The molecule has 1 aromatic heterocycles. The molecule has 0 saturated carbocycles. The Morgan fingerprint density at radius 1 is 1.00 bits per heavy atom. The lowest BCUT2D eigenvalue weighted by Gasteiger charge is -2.28. The molecule has 0 saturated heterocycles. The highest BCUT2D eigenvalue weighted by Gasteiger charge is 2.35. The van der Waals surface area contributed by atoms with Crippen molar-refractivity contribution < 1.29 is 19.0 Å². The van der Waals surface area contributed by atoms with Gasteiger partial charge in [-0.15, -0.1) is 0 Å². The number of hydrogen-bond acceptors (Lipinski definition) is 8. The van der Waals surface area contributed by atoms with Crippen molar-refractivity contribution in [1.82, 2.24) is 20.2 Å². The fraction of sp³-hybridized carbons (Fsp3) is 0.214. The number of ether oxygens (including phenoxy) is 3. The normalized spacial score (nSPS) is 14.4. The Hall–Kier alpha value is -4.08. The molecule has 1 aliphatic rings. The van der Waals surface area contributed by atoms with E-state index < -0.39 is 12.0 Å². The van der Waals surface area contributed by atoms with Gasteiger partial charge in [0.2, 0.25) is 5.95 Å². The van der Waals surface area contributed by atoms with Gasteiger partial charge in [0.05, 0.1) is 12.2 Å². The first-order valence-electron chi connectivity index (χ1n) is 12.2. The van der Waals surface area contributed by atoms with E-state index in [9.17, 15) is 4.79 Å². The molecule has 0 aliphatic carbocycles. The molecular weight excluding hydrogens is 541 g/mol. The summed E-state index contributed by atoms with van der Waals surface area (Å²) in [6.45, 7) is 4.44. The lowest BCUT2D eigenvalue weighted by Crippen LogP contribution is -2.29. The van der Waals surface area contributed by atoms with Crippen molar-refractivity contribution in [1.29, 1.82) is 0 Å². The van der Waals surface area contributed by atoms with Crippen molar-refractivity contribution in [3.8, 4) is 11.5 Å². The summed E-state index contributed by atoms with van der Waals surface area (Å²) in [4.78, 5) is 13.4. The predicted octanol–water partition coefficient (Wildman–Crippen LogP) is 5.99. The van der Waals surface area contributed by atoms with E-state index >= 15 is 0 Å². The van der Waals surface area contributed by atoms with Gasteiger partial charge in [-0.25, -0.2) is 4.79 Å². The molecule has 2 heterocycles. The quantitative estimate of drug-likeness (QED) is 0.247. The molecule has 1 aliphatic heterocycles. The highest BCUT2D eigenvalue weighted by molar-refractivity contribution is 6.35. The van der Waals surface area contributed by atoms with Crippen LogP contribution < -0.4 is 14.8 Å². The summed E-state index contributed by atoms with van der Waals surface area (Å²) in [5.74, 6) is 0.952. The number of rotatable bonds is 9. The third-order valence-corrected chi connectivity index (χ3v) is 6.72. The Labute approximate surface area is 235 Å². The minimum absolute atomic E-state index is 0.135. The zero-order chi connectivity index (χ0) is 27.4. The highest BCUT2D eigenvalue weighted by Crippen LogP contribution is 2.39. The topological polar surface area (TPSA) is 100 Å². The minimum atomic E-state index is -0.654. The molecule has 1 unspecified atom stereocenters. The minimum Gasteiger partial charge on any atom is -0.490 e. The molecule has 11 heteroatoms. The third kappa shape index (κ3) is 5.84. The zero-order valence-electron chi connectivity index (χ0n) is 21.2. The van der Waals surface area contributed by atoms with Gasteiger partial charge < -0.3 is 19.5 Å². The number of fused-ring (bicyclic) bond motifs is 1. The molecule has 0 radical (unpaired) electrons. The zero-order valence-corrected chi connectivity index (χ0v) is 22.7. The second-order valence-electron chi connectivity index (χ2n) is 8.74. The van der Waals surface area contributed by atoms with Gasteiger partial charge in [0.25, 0.3) is 0 Å². The van der Waals surface area contributed by atoms with Crippen LogP contribution in [0.4, 0.5) is 5.95 Å². The van der Waals surface area contributed by atoms with Crippen LogP contribution in [-0.2, 0) is 22.7 Å². The summed E-state index contributed by atoms with van der Waals surface area (Å²) in [7, 11) is 0. The van der Waals surface area contributed by atoms with Gasteiger partial charge >= 0.3 is 5.97 Å². The number of allylic oxidation sites excluding steroid dienone is 1. The van der Waals surface area contributed by atoms with Crippen LogP contribution in [0, 0.1) is 0 Å². The lowest BCUT2D eigenvalue weighted by molar-refractivity contribution is -0.140. The van der Waals surface area contributed by atoms with Gasteiger partial charge in [0.15, 0.2) is 11.5 Å². The van der Waals surface area contributed by atoms with Crippen LogP contribution in [0.15, 0.2) is 78.0 Å². The van der Waals surface area contributed by atoms with Crippen LogP contribution in [0.5, 0.6) is 11.5 Å². The molecule has 1 N–H and O–H groups in total. The number of nitrogens with zero attached hydrogens (tertiary/aromatic N) is 4. The standard InChI is InChI=1S/C28H25Cl2N5O4/c1-3-37-24-13-19(10-12-23(24)38-16-20-9-11-21(29)14-22(20)30)26-25(17(2)31-28-32-33-34-35(26)28)27(36)39-15-18-7-5-4-6-8-18/h4-14,26H,3,15-16H2,1-2H3,(H,31,32,34). The number of halogens is 2. The third-order valence-electron chi connectivity index (χ3n) is 6.13. The first-order chi connectivity index (χ1) is 18.9. The van der Waals surface area contributed by atoms with E-state index in [1.54, 1.807) is 29.8 Å². The van der Waals surface area contributed by atoms with Crippen LogP contribution in [-0.4, -0.2) is 32.8 Å². The molecule has 4 aromatic rings. The summed E-state index contributed by atoms with van der Waals surface area (Å²) >= 11 is 12.3. The van der Waals surface area contributed by atoms with Crippen molar-refractivity contribution in [3.05, 3.63) is 105 Å². The van der Waals surface area contributed by atoms with Crippen LogP contribution in [0.3, 0.4) is 0 Å². The maximum absolute atomic E-state index is 13.4. The number of anilines is 1. The number of nitrogens with one attached hydrogen (secondary N) is 1. The van der Waals surface area contributed by atoms with Crippen LogP contribution in [0.25, 0.3) is 0 Å². The molecule has 0 fully saturated rings. The Morgan fingerprint density at radius 2 is 1.82 bits per heavy atom. The molecule has 1 atom stereocenters. The van der Waals surface area contributed by atoms with Crippen molar-refractivity contribution in [2.45, 2.75) is 33.1 Å². The summed E-state index contributed by atoms with van der Waals surface area (Å²) in [5, 5.41) is 16.2. The first-order valence-corrected chi connectivity index (χ1v) is 13.0. The van der Waals surface area contributed by atoms with Crippen LogP contribution in [0.1, 0.15) is 36.6 Å². The van der Waals surface area contributed by atoms with Gasteiger partial charge in [-0.2, -0.15) is 4.68 Å². The van der Waals surface area contributed by atoms with Crippen molar-refractivity contribution in [3.63, 3.8) is 0 Å². The van der Waals surface area contributed by atoms with Crippen molar-refractivity contribution in [2.75, 3.05) is 11.9 Å². The Kier molecular flexibility index (Phi) is 7.99. The number of aromatic nitrogens is 4. The van der Waals surface area contributed by atoms with Crippen molar-refractivity contribution >= 4 is 35.1 Å². The fourth-order valence-electron chi connectivity index (χ4n) is 4.26.